The molecule has 0 N–H and O–H groups in total. The molecule has 94 valence electrons. The van der Waals surface area contributed by atoms with Gasteiger partial charge in [0.2, 0.25) is 0 Å². The summed E-state index contributed by atoms with van der Waals surface area (Å²) < 4.78 is 7.40. The second kappa shape index (κ2) is 5.69. The van der Waals surface area contributed by atoms with Crippen LogP contribution in [-0.2, 0) is 13.2 Å². The third-order valence-corrected chi connectivity index (χ3v) is 2.87. The maximum atomic E-state index is 10.9. The highest BCUT2D eigenvalue weighted by atomic mass is 35.5. The number of carbonyl (C=O) groups is 1. The Morgan fingerprint density at radius 3 is 3.00 bits per heavy atom. The van der Waals surface area contributed by atoms with Crippen LogP contribution < -0.4 is 4.74 Å². The van der Waals surface area contributed by atoms with Gasteiger partial charge in [-0.3, -0.25) is 9.48 Å². The van der Waals surface area contributed by atoms with Crippen LogP contribution in [0.3, 0.4) is 0 Å². The SMILES string of the molecule is CCn1cc(COc2cccc(Cl)c2C=O)cn1. The van der Waals surface area contributed by atoms with Crippen molar-refractivity contribution in [1.29, 1.82) is 0 Å². The van der Waals surface area contributed by atoms with E-state index in [9.17, 15) is 4.79 Å². The zero-order valence-corrected chi connectivity index (χ0v) is 10.7. The normalized spacial score (nSPS) is 10.3. The molecule has 4 nitrogen and oxygen atoms in total. The van der Waals surface area contributed by atoms with Gasteiger partial charge in [-0.2, -0.15) is 5.10 Å². The molecular formula is C13H13ClN2O2. The quantitative estimate of drug-likeness (QED) is 0.780. The summed E-state index contributed by atoms with van der Waals surface area (Å²) in [5.74, 6) is 0.488. The maximum Gasteiger partial charge on any atom is 0.155 e. The first-order chi connectivity index (χ1) is 8.74. The lowest BCUT2D eigenvalue weighted by atomic mass is 10.2. The molecule has 0 fully saturated rings. The molecule has 0 saturated heterocycles. The monoisotopic (exact) mass is 264 g/mol. The van der Waals surface area contributed by atoms with E-state index in [1.165, 1.54) is 0 Å². The van der Waals surface area contributed by atoms with Gasteiger partial charge < -0.3 is 4.74 Å². The van der Waals surface area contributed by atoms with Crippen molar-refractivity contribution < 1.29 is 9.53 Å². The summed E-state index contributed by atoms with van der Waals surface area (Å²) in [5, 5.41) is 4.54. The molecule has 1 heterocycles. The van der Waals surface area contributed by atoms with E-state index in [2.05, 4.69) is 5.10 Å². The zero-order valence-electron chi connectivity index (χ0n) is 9.97. The van der Waals surface area contributed by atoms with Crippen molar-refractivity contribution in [2.24, 2.45) is 0 Å². The first kappa shape index (κ1) is 12.6. The Morgan fingerprint density at radius 2 is 2.33 bits per heavy atom. The molecule has 2 aromatic rings. The summed E-state index contributed by atoms with van der Waals surface area (Å²) in [5.41, 5.74) is 1.33. The molecule has 0 bridgehead atoms. The van der Waals surface area contributed by atoms with E-state index in [-0.39, 0.29) is 0 Å². The van der Waals surface area contributed by atoms with Gasteiger partial charge >= 0.3 is 0 Å². The lowest BCUT2D eigenvalue weighted by Gasteiger charge is -2.07. The van der Waals surface area contributed by atoms with Gasteiger partial charge in [0.05, 0.1) is 16.8 Å². The number of aromatic nitrogens is 2. The van der Waals surface area contributed by atoms with Crippen molar-refractivity contribution in [3.05, 3.63) is 46.7 Å². The van der Waals surface area contributed by atoms with Crippen LogP contribution in [0, 0.1) is 0 Å². The first-order valence-electron chi connectivity index (χ1n) is 5.62. The standard InChI is InChI=1S/C13H13ClN2O2/c1-2-16-7-10(6-15-16)9-18-13-5-3-4-12(14)11(13)8-17/h3-8H,2,9H2,1H3. The minimum atomic E-state index is 0.362. The average molecular weight is 265 g/mol. The van der Waals surface area contributed by atoms with E-state index in [1.807, 2.05) is 17.8 Å². The Morgan fingerprint density at radius 1 is 1.50 bits per heavy atom. The van der Waals surface area contributed by atoms with Crippen molar-refractivity contribution in [1.82, 2.24) is 9.78 Å². The topological polar surface area (TPSA) is 44.1 Å². The van der Waals surface area contributed by atoms with Crippen molar-refractivity contribution >= 4 is 17.9 Å². The number of nitrogens with zero attached hydrogens (tertiary/aromatic N) is 2. The molecule has 0 unspecified atom stereocenters. The molecule has 1 aromatic carbocycles. The van der Waals surface area contributed by atoms with Crippen LogP contribution in [0.2, 0.25) is 5.02 Å². The molecule has 0 saturated carbocycles. The largest absolute Gasteiger partial charge is 0.488 e. The Bertz CT molecular complexity index is 552. The number of rotatable bonds is 5. The molecule has 1 aromatic heterocycles. The van der Waals surface area contributed by atoms with Crippen LogP contribution in [0.1, 0.15) is 22.8 Å². The number of aldehydes is 1. The predicted molar refractivity (Wildman–Crippen MR) is 69.1 cm³/mol. The number of ether oxygens (including phenoxy) is 1. The number of hydrogen-bond donors (Lipinski definition) is 0. The second-order valence-electron chi connectivity index (χ2n) is 3.76. The van der Waals surface area contributed by atoms with Crippen LogP contribution in [0.5, 0.6) is 5.75 Å². The van der Waals surface area contributed by atoms with E-state index in [1.54, 1.807) is 24.4 Å². The van der Waals surface area contributed by atoms with E-state index in [0.717, 1.165) is 12.1 Å². The van der Waals surface area contributed by atoms with E-state index in [4.69, 9.17) is 16.3 Å². The van der Waals surface area contributed by atoms with Gasteiger partial charge in [-0.25, -0.2) is 0 Å². The number of carbonyl (C=O) groups excluding carboxylic acids is 1. The van der Waals surface area contributed by atoms with Crippen LogP contribution in [0.25, 0.3) is 0 Å². The number of benzene rings is 1. The van der Waals surface area contributed by atoms with Gasteiger partial charge in [0.25, 0.3) is 0 Å². The van der Waals surface area contributed by atoms with E-state index < -0.39 is 0 Å². The highest BCUT2D eigenvalue weighted by molar-refractivity contribution is 6.33. The lowest BCUT2D eigenvalue weighted by Crippen LogP contribution is -1.98. The summed E-state index contributed by atoms with van der Waals surface area (Å²) in [4.78, 5) is 10.9. The summed E-state index contributed by atoms with van der Waals surface area (Å²) in [6.07, 6.45) is 4.35. The fourth-order valence-electron chi connectivity index (χ4n) is 1.57. The van der Waals surface area contributed by atoms with Gasteiger partial charge in [-0.1, -0.05) is 17.7 Å². The molecule has 0 spiro atoms. The molecule has 0 atom stereocenters. The Balaban J connectivity index is 2.10. The van der Waals surface area contributed by atoms with E-state index >= 15 is 0 Å². The summed E-state index contributed by atoms with van der Waals surface area (Å²) >= 11 is 5.91. The number of aryl methyl sites for hydroxylation is 1. The fourth-order valence-corrected chi connectivity index (χ4v) is 1.78. The van der Waals surface area contributed by atoms with Crippen molar-refractivity contribution in [3.63, 3.8) is 0 Å². The van der Waals surface area contributed by atoms with Gasteiger partial charge in [0.1, 0.15) is 12.4 Å². The van der Waals surface area contributed by atoms with Crippen LogP contribution >= 0.6 is 11.6 Å². The molecule has 0 radical (unpaired) electrons. The van der Waals surface area contributed by atoms with E-state index in [0.29, 0.717) is 29.2 Å². The number of halogens is 1. The first-order valence-corrected chi connectivity index (χ1v) is 6.00. The number of hydrogen-bond acceptors (Lipinski definition) is 3. The van der Waals surface area contributed by atoms with Crippen LogP contribution in [0.15, 0.2) is 30.6 Å². The molecule has 2 rings (SSSR count). The van der Waals surface area contributed by atoms with Crippen LogP contribution in [-0.4, -0.2) is 16.1 Å². The third-order valence-electron chi connectivity index (χ3n) is 2.54. The maximum absolute atomic E-state index is 10.9. The molecule has 0 aliphatic heterocycles. The molecule has 0 amide bonds. The molecule has 5 heteroatoms. The van der Waals surface area contributed by atoms with Crippen molar-refractivity contribution in [3.8, 4) is 5.75 Å². The second-order valence-corrected chi connectivity index (χ2v) is 4.17. The van der Waals surface area contributed by atoms with Gasteiger partial charge in [-0.15, -0.1) is 0 Å². The third kappa shape index (κ3) is 2.71. The summed E-state index contributed by atoms with van der Waals surface area (Å²) in [6, 6.07) is 5.13. The molecule has 18 heavy (non-hydrogen) atoms. The zero-order chi connectivity index (χ0) is 13.0. The summed E-state index contributed by atoms with van der Waals surface area (Å²) in [6.45, 7) is 3.19. The highest BCUT2D eigenvalue weighted by Crippen LogP contribution is 2.25. The van der Waals surface area contributed by atoms with Gasteiger partial charge in [0.15, 0.2) is 6.29 Å². The minimum Gasteiger partial charge on any atom is -0.488 e. The average Bonchev–Trinajstić information content (AvgIpc) is 2.84. The van der Waals surface area contributed by atoms with Gasteiger partial charge in [0, 0.05) is 18.3 Å². The summed E-state index contributed by atoms with van der Waals surface area (Å²) in [7, 11) is 0. The fraction of sp³-hybridized carbons (Fsp3) is 0.231. The predicted octanol–water partition coefficient (Wildman–Crippen LogP) is 2.95. The Kier molecular flexibility index (Phi) is 3.99. The molecule has 0 aliphatic carbocycles. The van der Waals surface area contributed by atoms with Crippen molar-refractivity contribution in [2.75, 3.05) is 0 Å². The highest BCUT2D eigenvalue weighted by Gasteiger charge is 2.07. The van der Waals surface area contributed by atoms with Crippen LogP contribution in [0.4, 0.5) is 0 Å². The Labute approximate surface area is 110 Å². The Hall–Kier alpha value is -1.81. The van der Waals surface area contributed by atoms with Crippen molar-refractivity contribution in [2.45, 2.75) is 20.1 Å². The lowest BCUT2D eigenvalue weighted by molar-refractivity contribution is 0.111. The van der Waals surface area contributed by atoms with Gasteiger partial charge in [-0.05, 0) is 19.1 Å². The minimum absolute atomic E-state index is 0.362. The smallest absolute Gasteiger partial charge is 0.155 e. The molecule has 0 aliphatic rings. The molecular weight excluding hydrogens is 252 g/mol.